The van der Waals surface area contributed by atoms with Gasteiger partial charge in [-0.3, -0.25) is 4.90 Å². The third kappa shape index (κ3) is 4.18. The fourth-order valence-electron chi connectivity index (χ4n) is 2.07. The van der Waals surface area contributed by atoms with E-state index in [1.165, 1.54) is 5.56 Å². The Morgan fingerprint density at radius 3 is 2.32 bits per heavy atom. The van der Waals surface area contributed by atoms with Crippen LogP contribution in [0.3, 0.4) is 0 Å². The van der Waals surface area contributed by atoms with E-state index in [1.807, 2.05) is 18.2 Å². The zero-order valence-corrected chi connectivity index (χ0v) is 11.8. The molecule has 1 aromatic rings. The number of nitrogens with zero attached hydrogens (tertiary/aromatic N) is 3. The third-order valence-electron chi connectivity index (χ3n) is 3.10. The second kappa shape index (κ2) is 7.70. The Morgan fingerprint density at radius 2 is 1.79 bits per heavy atom. The molecule has 0 saturated carbocycles. The SMILES string of the molecule is CCN(Cc1ccccc1)C1C=CC(=[N+]=[N-])C=C1.Cl. The van der Waals surface area contributed by atoms with Crippen LogP contribution in [-0.4, -0.2) is 28.0 Å². The fraction of sp³-hybridized carbons (Fsp3) is 0.267. The van der Waals surface area contributed by atoms with Crippen LogP contribution in [0.4, 0.5) is 0 Å². The van der Waals surface area contributed by atoms with Crippen molar-refractivity contribution < 1.29 is 4.79 Å². The van der Waals surface area contributed by atoms with Crippen molar-refractivity contribution in [1.82, 2.24) is 4.90 Å². The Balaban J connectivity index is 0.00000180. The molecule has 0 amide bonds. The summed E-state index contributed by atoms with van der Waals surface area (Å²) >= 11 is 0. The Morgan fingerprint density at radius 1 is 1.16 bits per heavy atom. The molecule has 0 N–H and O–H groups in total. The van der Waals surface area contributed by atoms with E-state index in [4.69, 9.17) is 5.53 Å². The molecule has 0 spiro atoms. The molecule has 2 rings (SSSR count). The smallest absolute Gasteiger partial charge is 0.314 e. The Kier molecular flexibility index (Phi) is 6.23. The molecule has 19 heavy (non-hydrogen) atoms. The highest BCUT2D eigenvalue weighted by atomic mass is 35.5. The average molecular weight is 276 g/mol. The van der Waals surface area contributed by atoms with Gasteiger partial charge in [0.2, 0.25) is 0 Å². The maximum absolute atomic E-state index is 8.68. The highest BCUT2D eigenvalue weighted by Crippen LogP contribution is 2.12. The Bertz CT molecular complexity index is 485. The predicted octanol–water partition coefficient (Wildman–Crippen LogP) is 3.10. The van der Waals surface area contributed by atoms with Gasteiger partial charge in [0.25, 0.3) is 0 Å². The molecule has 0 aromatic heterocycles. The van der Waals surface area contributed by atoms with Crippen molar-refractivity contribution in [1.29, 1.82) is 0 Å². The minimum Gasteiger partial charge on any atom is -0.361 e. The maximum Gasteiger partial charge on any atom is 0.314 e. The van der Waals surface area contributed by atoms with Gasteiger partial charge in [-0.15, -0.1) is 12.4 Å². The first-order valence-electron chi connectivity index (χ1n) is 6.20. The molecular formula is C15H18ClN3. The van der Waals surface area contributed by atoms with E-state index >= 15 is 0 Å². The molecular weight excluding hydrogens is 258 g/mol. The Hall–Kier alpha value is -1.67. The van der Waals surface area contributed by atoms with E-state index < -0.39 is 0 Å². The second-order valence-corrected chi connectivity index (χ2v) is 4.28. The fourth-order valence-corrected chi connectivity index (χ4v) is 2.07. The van der Waals surface area contributed by atoms with Gasteiger partial charge in [-0.1, -0.05) is 49.4 Å². The highest BCUT2D eigenvalue weighted by Gasteiger charge is 2.16. The number of benzene rings is 1. The van der Waals surface area contributed by atoms with Crippen LogP contribution in [-0.2, 0) is 6.54 Å². The summed E-state index contributed by atoms with van der Waals surface area (Å²) in [7, 11) is 0. The van der Waals surface area contributed by atoms with E-state index in [2.05, 4.69) is 53.0 Å². The maximum atomic E-state index is 8.68. The van der Waals surface area contributed by atoms with Crippen molar-refractivity contribution in [2.75, 3.05) is 6.54 Å². The van der Waals surface area contributed by atoms with E-state index in [-0.39, 0.29) is 18.4 Å². The topological polar surface area (TPSA) is 39.6 Å². The number of hydrogen-bond donors (Lipinski definition) is 0. The van der Waals surface area contributed by atoms with Crippen LogP contribution in [0.1, 0.15) is 12.5 Å². The molecule has 0 aliphatic heterocycles. The lowest BCUT2D eigenvalue weighted by atomic mass is 10.1. The van der Waals surface area contributed by atoms with E-state index in [0.29, 0.717) is 5.71 Å². The van der Waals surface area contributed by atoms with Crippen molar-refractivity contribution in [3.8, 4) is 0 Å². The summed E-state index contributed by atoms with van der Waals surface area (Å²) in [5, 5.41) is 0. The Labute approximate surface area is 120 Å². The lowest BCUT2D eigenvalue weighted by Crippen LogP contribution is -2.33. The van der Waals surface area contributed by atoms with Gasteiger partial charge in [0.1, 0.15) is 0 Å². The van der Waals surface area contributed by atoms with Crippen LogP contribution in [0.2, 0.25) is 0 Å². The summed E-state index contributed by atoms with van der Waals surface area (Å²) < 4.78 is 0. The normalized spacial score (nSPS) is 17.2. The lowest BCUT2D eigenvalue weighted by Gasteiger charge is -2.27. The summed E-state index contributed by atoms with van der Waals surface area (Å²) in [4.78, 5) is 5.53. The first-order valence-corrected chi connectivity index (χ1v) is 6.20. The van der Waals surface area contributed by atoms with Crippen molar-refractivity contribution in [3.05, 3.63) is 65.7 Å². The second-order valence-electron chi connectivity index (χ2n) is 4.28. The van der Waals surface area contributed by atoms with Crippen LogP contribution in [0.25, 0.3) is 5.53 Å². The summed E-state index contributed by atoms with van der Waals surface area (Å²) in [5.41, 5.74) is 10.6. The molecule has 1 aliphatic rings. The van der Waals surface area contributed by atoms with E-state index in [0.717, 1.165) is 13.1 Å². The van der Waals surface area contributed by atoms with Gasteiger partial charge < -0.3 is 5.53 Å². The van der Waals surface area contributed by atoms with Crippen LogP contribution in [0.5, 0.6) is 0 Å². The average Bonchev–Trinajstić information content (AvgIpc) is 2.46. The molecule has 0 unspecified atom stereocenters. The molecule has 1 aromatic carbocycles. The zero-order valence-electron chi connectivity index (χ0n) is 10.9. The number of allylic oxidation sites excluding steroid dienone is 2. The van der Waals surface area contributed by atoms with Crippen molar-refractivity contribution in [3.63, 3.8) is 0 Å². The van der Waals surface area contributed by atoms with Gasteiger partial charge >= 0.3 is 5.71 Å². The number of hydrogen-bond acceptors (Lipinski definition) is 1. The first kappa shape index (κ1) is 15.4. The quantitative estimate of drug-likeness (QED) is 0.615. The predicted molar refractivity (Wildman–Crippen MR) is 80.5 cm³/mol. The monoisotopic (exact) mass is 275 g/mol. The molecule has 0 heterocycles. The number of likely N-dealkylation sites (N-methyl/N-ethyl adjacent to an activating group) is 1. The number of rotatable bonds is 4. The molecule has 3 nitrogen and oxygen atoms in total. The highest BCUT2D eigenvalue weighted by molar-refractivity contribution is 6.00. The van der Waals surface area contributed by atoms with Crippen molar-refractivity contribution in [2.24, 2.45) is 0 Å². The summed E-state index contributed by atoms with van der Waals surface area (Å²) in [6.07, 6.45) is 7.81. The number of halogens is 1. The van der Waals surface area contributed by atoms with Crippen LogP contribution >= 0.6 is 12.4 Å². The van der Waals surface area contributed by atoms with Crippen molar-refractivity contribution >= 4 is 18.1 Å². The summed E-state index contributed by atoms with van der Waals surface area (Å²) in [5.74, 6) is 0. The molecule has 0 saturated heterocycles. The van der Waals surface area contributed by atoms with Gasteiger partial charge in [-0.05, 0) is 12.1 Å². The van der Waals surface area contributed by atoms with Gasteiger partial charge in [-0.2, -0.15) is 4.79 Å². The first-order chi connectivity index (χ1) is 8.83. The molecule has 0 fully saturated rings. The van der Waals surface area contributed by atoms with Gasteiger partial charge in [0.15, 0.2) is 0 Å². The molecule has 0 bridgehead atoms. The lowest BCUT2D eigenvalue weighted by molar-refractivity contribution is -0.00174. The molecule has 100 valence electrons. The molecule has 1 aliphatic carbocycles. The minimum atomic E-state index is 0. The zero-order chi connectivity index (χ0) is 12.8. The van der Waals surface area contributed by atoms with Gasteiger partial charge in [-0.25, -0.2) is 0 Å². The standard InChI is InChI=1S/C15H17N3.ClH/c1-2-18(12-13-6-4-3-5-7-13)15-10-8-14(17-16)9-11-15;/h3-11,15H,2,12H2,1H3;1H. The minimum absolute atomic E-state index is 0. The molecule has 4 heteroatoms. The van der Waals surface area contributed by atoms with E-state index in [1.54, 1.807) is 0 Å². The van der Waals surface area contributed by atoms with E-state index in [9.17, 15) is 0 Å². The largest absolute Gasteiger partial charge is 0.361 e. The van der Waals surface area contributed by atoms with Gasteiger partial charge in [0, 0.05) is 24.7 Å². The summed E-state index contributed by atoms with van der Waals surface area (Å²) in [6, 6.07) is 10.7. The molecule has 0 atom stereocenters. The van der Waals surface area contributed by atoms with Crippen molar-refractivity contribution in [2.45, 2.75) is 19.5 Å². The van der Waals surface area contributed by atoms with Crippen LogP contribution < -0.4 is 0 Å². The molecule has 0 radical (unpaired) electrons. The summed E-state index contributed by atoms with van der Waals surface area (Å²) in [6.45, 7) is 4.04. The van der Waals surface area contributed by atoms with Gasteiger partial charge in [0.05, 0.1) is 0 Å². The third-order valence-corrected chi connectivity index (χ3v) is 3.10. The van der Waals surface area contributed by atoms with Crippen LogP contribution in [0.15, 0.2) is 54.6 Å². The van der Waals surface area contributed by atoms with Crippen LogP contribution in [0, 0.1) is 0 Å².